The topological polar surface area (TPSA) is 64.0 Å². The van der Waals surface area contributed by atoms with Crippen LogP contribution in [0.25, 0.3) is 32.0 Å². The van der Waals surface area contributed by atoms with Crippen molar-refractivity contribution in [3.8, 4) is 37.8 Å². The molecule has 0 radical (unpaired) electrons. The quantitative estimate of drug-likeness (QED) is 0.187. The van der Waals surface area contributed by atoms with Crippen LogP contribution < -0.4 is 15.2 Å². The monoisotopic (exact) mass is 685 g/mol. The summed E-state index contributed by atoms with van der Waals surface area (Å²) in [7, 11) is 0. The summed E-state index contributed by atoms with van der Waals surface area (Å²) in [6.45, 7) is 1.00. The minimum absolute atomic E-state index is 0.0272. The van der Waals surface area contributed by atoms with Crippen LogP contribution in [0.3, 0.4) is 0 Å². The summed E-state index contributed by atoms with van der Waals surface area (Å²) >= 11 is 1.57. The van der Waals surface area contributed by atoms with Gasteiger partial charge in [-0.3, -0.25) is 19.3 Å². The molecule has 4 aromatic carbocycles. The fraction of sp³-hybridized carbons (Fsp3) is 0.150. The number of ether oxygens (including phenoxy) is 2. The van der Waals surface area contributed by atoms with Crippen LogP contribution in [-0.4, -0.2) is 41.4 Å². The maximum Gasteiger partial charge on any atom is 0.278 e. The lowest BCUT2D eigenvalue weighted by Crippen LogP contribution is -2.66. The molecular weight excluding hydrogens is 657 g/mol. The first-order valence-electron chi connectivity index (χ1n) is 16.3. The first-order chi connectivity index (χ1) is 24.5. The van der Waals surface area contributed by atoms with Gasteiger partial charge in [0.05, 0.1) is 19.3 Å². The number of aromatic nitrogens is 1. The smallest absolute Gasteiger partial charge is 0.278 e. The Morgan fingerprint density at radius 1 is 0.800 bits per heavy atom. The second-order valence-corrected chi connectivity index (χ2v) is 13.5. The van der Waals surface area contributed by atoms with Gasteiger partial charge in [-0.25, -0.2) is 8.78 Å². The molecule has 1 amide bonds. The van der Waals surface area contributed by atoms with Crippen molar-refractivity contribution in [3.05, 3.63) is 160 Å². The molecule has 2 aromatic heterocycles. The number of hydrogen-bond donors (Lipinski definition) is 0. The van der Waals surface area contributed by atoms with Gasteiger partial charge in [0.1, 0.15) is 24.4 Å². The summed E-state index contributed by atoms with van der Waals surface area (Å²) in [5, 5.41) is 2.07. The Kier molecular flexibility index (Phi) is 7.36. The maximum atomic E-state index is 15.3. The zero-order valence-corrected chi connectivity index (χ0v) is 27.4. The van der Waals surface area contributed by atoms with Crippen molar-refractivity contribution in [2.45, 2.75) is 18.8 Å². The third-order valence-electron chi connectivity index (χ3n) is 9.61. The average molecular weight is 686 g/mol. The standard InChI is InChI=1S/C40H29F2N3O4S/c41-26-12-10-25(11-13-26)34-21-32-31-20-27(42)14-15-29(31)36(28-8-4-5-9-30(28)39(32)50-34)45-35-23-48-19-18-43(35)40(47)37-38(33(46)16-17-44(37)45)49-22-24-6-2-1-3-7-24/h1-17,20-21,35-36H,18-19,22-23H2/t35-,36?/m1/s1. The number of amides is 1. The normalized spacial score (nSPS) is 17.6. The number of carbonyl (C=O) groups is 1. The van der Waals surface area contributed by atoms with Crippen LogP contribution in [0.4, 0.5) is 8.78 Å². The molecular formula is C40H29F2N3O4S. The lowest BCUT2D eigenvalue weighted by molar-refractivity contribution is -0.0197. The van der Waals surface area contributed by atoms with E-state index in [0.717, 1.165) is 43.1 Å². The van der Waals surface area contributed by atoms with E-state index in [1.54, 1.807) is 51.4 Å². The highest BCUT2D eigenvalue weighted by Gasteiger charge is 2.46. The molecule has 1 saturated heterocycles. The highest BCUT2D eigenvalue weighted by Crippen LogP contribution is 2.52. The van der Waals surface area contributed by atoms with Gasteiger partial charge >= 0.3 is 0 Å². The van der Waals surface area contributed by atoms with Crippen LogP contribution in [0.5, 0.6) is 5.75 Å². The number of hydrogen-bond acceptors (Lipinski definition) is 6. The second-order valence-electron chi connectivity index (χ2n) is 12.5. The van der Waals surface area contributed by atoms with E-state index in [4.69, 9.17) is 9.47 Å². The largest absolute Gasteiger partial charge is 0.482 e. The minimum Gasteiger partial charge on any atom is -0.482 e. The first kappa shape index (κ1) is 30.5. The lowest BCUT2D eigenvalue weighted by Gasteiger charge is -2.51. The Bertz CT molecular complexity index is 2340. The molecule has 10 heteroatoms. The van der Waals surface area contributed by atoms with Gasteiger partial charge in [-0.15, -0.1) is 11.3 Å². The summed E-state index contributed by atoms with van der Waals surface area (Å²) in [5.41, 5.74) is 5.72. The molecule has 1 unspecified atom stereocenters. The molecule has 50 heavy (non-hydrogen) atoms. The highest BCUT2D eigenvalue weighted by molar-refractivity contribution is 7.19. The first-order valence-corrected chi connectivity index (χ1v) is 17.2. The molecule has 0 N–H and O–H groups in total. The van der Waals surface area contributed by atoms with Crippen molar-refractivity contribution in [2.75, 3.05) is 24.8 Å². The van der Waals surface area contributed by atoms with Crippen LogP contribution in [0, 0.1) is 11.6 Å². The van der Waals surface area contributed by atoms with E-state index in [-0.39, 0.29) is 42.2 Å². The number of fused-ring (bicyclic) bond motifs is 7. The second kappa shape index (κ2) is 12.1. The summed E-state index contributed by atoms with van der Waals surface area (Å²) in [6.07, 6.45) is 1.07. The fourth-order valence-corrected chi connectivity index (χ4v) is 8.56. The molecule has 6 aromatic rings. The van der Waals surface area contributed by atoms with Crippen LogP contribution >= 0.6 is 11.3 Å². The van der Waals surface area contributed by atoms with Gasteiger partial charge in [-0.05, 0) is 63.7 Å². The van der Waals surface area contributed by atoms with Crippen LogP contribution in [0.2, 0.25) is 0 Å². The molecule has 2 aliphatic heterocycles. The minimum atomic E-state index is -0.546. The Morgan fingerprint density at radius 2 is 1.56 bits per heavy atom. The summed E-state index contributed by atoms with van der Waals surface area (Å²) in [4.78, 5) is 31.4. The Hall–Kier alpha value is -5.58. The number of rotatable bonds is 5. The average Bonchev–Trinajstić information content (AvgIpc) is 3.55. The molecule has 7 nitrogen and oxygen atoms in total. The van der Waals surface area contributed by atoms with Crippen molar-refractivity contribution >= 4 is 17.2 Å². The molecule has 2 atom stereocenters. The molecule has 0 saturated carbocycles. The number of nitrogens with zero attached hydrogens (tertiary/aromatic N) is 3. The lowest BCUT2D eigenvalue weighted by atomic mass is 9.92. The van der Waals surface area contributed by atoms with Gasteiger partial charge in [0.15, 0.2) is 11.4 Å². The number of halogens is 2. The summed E-state index contributed by atoms with van der Waals surface area (Å²) in [5.74, 6) is -1.05. The third kappa shape index (κ3) is 4.94. The van der Waals surface area contributed by atoms with Crippen LogP contribution in [-0.2, 0) is 11.3 Å². The predicted octanol–water partition coefficient (Wildman–Crippen LogP) is 7.62. The van der Waals surface area contributed by atoms with Gasteiger partial charge in [0.25, 0.3) is 5.91 Å². The molecule has 4 heterocycles. The SMILES string of the molecule is O=C1c2c(OCc3ccccc3)c(=O)ccn2N(C2c3ccc(F)cc3-c3cc(-c4ccc(F)cc4)sc3-c3ccccc32)[C@@H]2COCCN12. The number of thiophene rings is 1. The number of pyridine rings is 1. The summed E-state index contributed by atoms with van der Waals surface area (Å²) < 4.78 is 43.1. The van der Waals surface area contributed by atoms with Crippen molar-refractivity contribution in [3.63, 3.8) is 0 Å². The van der Waals surface area contributed by atoms with E-state index < -0.39 is 17.6 Å². The number of carbonyl (C=O) groups excluding carboxylic acids is 1. The predicted molar refractivity (Wildman–Crippen MR) is 188 cm³/mol. The van der Waals surface area contributed by atoms with Crippen molar-refractivity contribution in [1.82, 2.24) is 9.58 Å². The molecule has 3 aliphatic rings. The molecule has 0 spiro atoms. The number of benzene rings is 4. The van der Waals surface area contributed by atoms with Crippen LogP contribution in [0.15, 0.2) is 120 Å². The van der Waals surface area contributed by atoms with Gasteiger partial charge in [-0.1, -0.05) is 72.8 Å². The van der Waals surface area contributed by atoms with Gasteiger partial charge in [0, 0.05) is 34.1 Å². The van der Waals surface area contributed by atoms with E-state index in [9.17, 15) is 14.0 Å². The van der Waals surface area contributed by atoms with E-state index >= 15 is 4.39 Å². The molecule has 248 valence electrons. The third-order valence-corrected chi connectivity index (χ3v) is 10.8. The van der Waals surface area contributed by atoms with E-state index in [0.29, 0.717) is 18.7 Å². The van der Waals surface area contributed by atoms with Crippen molar-refractivity contribution < 1.29 is 23.0 Å². The Labute approximate surface area is 290 Å². The van der Waals surface area contributed by atoms with E-state index in [1.807, 2.05) is 48.5 Å². The van der Waals surface area contributed by atoms with Gasteiger partial charge in [-0.2, -0.15) is 0 Å². The molecule has 1 fully saturated rings. The Morgan fingerprint density at radius 3 is 2.40 bits per heavy atom. The molecule has 1 aliphatic carbocycles. The van der Waals surface area contributed by atoms with Crippen molar-refractivity contribution in [2.24, 2.45) is 0 Å². The molecule has 9 rings (SSSR count). The van der Waals surface area contributed by atoms with Crippen molar-refractivity contribution in [1.29, 1.82) is 0 Å². The molecule has 0 bridgehead atoms. The zero-order valence-electron chi connectivity index (χ0n) is 26.6. The number of morpholine rings is 1. The van der Waals surface area contributed by atoms with Gasteiger partial charge < -0.3 is 14.4 Å². The Balaban J connectivity index is 1.27. The van der Waals surface area contributed by atoms with Crippen LogP contribution in [0.1, 0.15) is 33.2 Å². The van der Waals surface area contributed by atoms with E-state index in [1.165, 1.54) is 24.3 Å². The van der Waals surface area contributed by atoms with E-state index in [2.05, 4.69) is 17.1 Å². The van der Waals surface area contributed by atoms with Gasteiger partial charge in [0.2, 0.25) is 5.43 Å². The summed E-state index contributed by atoms with van der Waals surface area (Å²) in [6, 6.07) is 31.7. The fourth-order valence-electron chi connectivity index (χ4n) is 7.33. The highest BCUT2D eigenvalue weighted by atomic mass is 32.1. The maximum absolute atomic E-state index is 15.3. The zero-order chi connectivity index (χ0) is 33.9.